The van der Waals surface area contributed by atoms with Crippen molar-refractivity contribution in [2.24, 2.45) is 0 Å². The largest absolute Gasteiger partial charge is 0.349 e. The molecule has 0 bridgehead atoms. The molecule has 0 radical (unpaired) electrons. The van der Waals surface area contributed by atoms with Crippen LogP contribution in [0.3, 0.4) is 0 Å². The highest BCUT2D eigenvalue weighted by Gasteiger charge is 2.18. The molecule has 1 aliphatic rings. The van der Waals surface area contributed by atoms with Crippen LogP contribution in [0.5, 0.6) is 0 Å². The van der Waals surface area contributed by atoms with Gasteiger partial charge in [-0.2, -0.15) is 0 Å². The molecular weight excluding hydrogens is 368 g/mol. The van der Waals surface area contributed by atoms with E-state index in [2.05, 4.69) is 10.6 Å². The Balaban J connectivity index is 1.64. The van der Waals surface area contributed by atoms with E-state index < -0.39 is 0 Å². The van der Waals surface area contributed by atoms with Gasteiger partial charge in [-0.1, -0.05) is 36.9 Å². The lowest BCUT2D eigenvalue weighted by Gasteiger charge is -2.23. The molecule has 2 amide bonds. The number of carbonyl (C=O) groups is 2. The second-order valence-electron chi connectivity index (χ2n) is 6.34. The molecule has 1 fully saturated rings. The molecule has 4 nitrogen and oxygen atoms in total. The average molecular weight is 389 g/mol. The summed E-state index contributed by atoms with van der Waals surface area (Å²) in [7, 11) is 0. The van der Waals surface area contributed by atoms with Gasteiger partial charge in [-0.05, 0) is 48.6 Å². The molecule has 1 aromatic carbocycles. The van der Waals surface area contributed by atoms with Crippen LogP contribution in [0.15, 0.2) is 41.8 Å². The van der Waals surface area contributed by atoms with Gasteiger partial charge >= 0.3 is 0 Å². The minimum absolute atomic E-state index is 0.188. The van der Waals surface area contributed by atoms with Gasteiger partial charge in [0.15, 0.2) is 0 Å². The number of hydrogen-bond donors (Lipinski definition) is 2. The van der Waals surface area contributed by atoms with Crippen LogP contribution >= 0.6 is 22.9 Å². The average Bonchev–Trinajstić information content (AvgIpc) is 3.16. The van der Waals surface area contributed by atoms with Crippen molar-refractivity contribution in [1.82, 2.24) is 5.32 Å². The lowest BCUT2D eigenvalue weighted by atomic mass is 9.95. The number of anilines is 1. The van der Waals surface area contributed by atoms with E-state index in [0.29, 0.717) is 16.3 Å². The predicted molar refractivity (Wildman–Crippen MR) is 108 cm³/mol. The number of benzene rings is 1. The third-order valence-electron chi connectivity index (χ3n) is 4.36. The highest BCUT2D eigenvalue weighted by molar-refractivity contribution is 7.10. The maximum Gasteiger partial charge on any atom is 0.253 e. The van der Waals surface area contributed by atoms with Gasteiger partial charge in [-0.15, -0.1) is 11.3 Å². The topological polar surface area (TPSA) is 58.2 Å². The second kappa shape index (κ2) is 9.01. The molecule has 1 saturated carbocycles. The number of carbonyl (C=O) groups excluding carboxylic acids is 2. The van der Waals surface area contributed by atoms with Crippen molar-refractivity contribution in [1.29, 1.82) is 0 Å². The normalized spacial score (nSPS) is 15.1. The van der Waals surface area contributed by atoms with Crippen molar-refractivity contribution in [3.05, 3.63) is 57.3 Å². The molecule has 1 aromatic heterocycles. The highest BCUT2D eigenvalue weighted by Crippen LogP contribution is 2.23. The molecule has 1 aliphatic carbocycles. The maximum atomic E-state index is 12.5. The zero-order chi connectivity index (χ0) is 18.4. The van der Waals surface area contributed by atoms with Crippen LogP contribution in [0.1, 0.15) is 47.3 Å². The van der Waals surface area contributed by atoms with Crippen molar-refractivity contribution in [3.8, 4) is 0 Å². The SMILES string of the molecule is O=C(C=Cc1cccs1)Nc1ccc(Cl)c(C(=O)NC2CCCCC2)c1. The Morgan fingerprint density at radius 1 is 1.15 bits per heavy atom. The number of nitrogens with one attached hydrogen (secondary N) is 2. The van der Waals surface area contributed by atoms with E-state index in [1.807, 2.05) is 17.5 Å². The Bertz CT molecular complexity index is 796. The van der Waals surface area contributed by atoms with Crippen molar-refractivity contribution in [2.45, 2.75) is 38.1 Å². The smallest absolute Gasteiger partial charge is 0.253 e. The van der Waals surface area contributed by atoms with Crippen LogP contribution in [0.2, 0.25) is 5.02 Å². The third-order valence-corrected chi connectivity index (χ3v) is 5.53. The van der Waals surface area contributed by atoms with Crippen LogP contribution < -0.4 is 10.6 Å². The summed E-state index contributed by atoms with van der Waals surface area (Å²) in [5.41, 5.74) is 0.932. The summed E-state index contributed by atoms with van der Waals surface area (Å²) in [6.45, 7) is 0. The van der Waals surface area contributed by atoms with Crippen molar-refractivity contribution < 1.29 is 9.59 Å². The molecule has 3 rings (SSSR count). The van der Waals surface area contributed by atoms with Crippen molar-refractivity contribution >= 4 is 46.5 Å². The fourth-order valence-electron chi connectivity index (χ4n) is 3.01. The first-order chi connectivity index (χ1) is 12.6. The van der Waals surface area contributed by atoms with Gasteiger partial charge in [0.2, 0.25) is 5.91 Å². The Hall–Kier alpha value is -2.11. The van der Waals surface area contributed by atoms with Gasteiger partial charge in [0, 0.05) is 22.7 Å². The predicted octanol–water partition coefficient (Wildman–Crippen LogP) is 5.12. The van der Waals surface area contributed by atoms with Crippen LogP contribution in [-0.4, -0.2) is 17.9 Å². The molecule has 26 heavy (non-hydrogen) atoms. The molecule has 0 atom stereocenters. The number of amides is 2. The van der Waals surface area contributed by atoms with Crippen molar-refractivity contribution in [2.75, 3.05) is 5.32 Å². The van der Waals surface area contributed by atoms with E-state index in [1.54, 1.807) is 35.6 Å². The first-order valence-corrected chi connectivity index (χ1v) is 10.0. The van der Waals surface area contributed by atoms with Gasteiger partial charge in [0.25, 0.3) is 5.91 Å². The third kappa shape index (κ3) is 5.19. The van der Waals surface area contributed by atoms with Crippen LogP contribution in [0.25, 0.3) is 6.08 Å². The van der Waals surface area contributed by atoms with Crippen LogP contribution in [0, 0.1) is 0 Å². The zero-order valence-corrected chi connectivity index (χ0v) is 15.9. The summed E-state index contributed by atoms with van der Waals surface area (Å²) in [5, 5.41) is 8.15. The first kappa shape index (κ1) is 18.7. The van der Waals surface area contributed by atoms with E-state index in [9.17, 15) is 9.59 Å². The van der Waals surface area contributed by atoms with Crippen LogP contribution in [-0.2, 0) is 4.79 Å². The van der Waals surface area contributed by atoms with E-state index in [0.717, 1.165) is 30.6 Å². The quantitative estimate of drug-likeness (QED) is 0.698. The second-order valence-corrected chi connectivity index (χ2v) is 7.73. The first-order valence-electron chi connectivity index (χ1n) is 8.75. The summed E-state index contributed by atoms with van der Waals surface area (Å²) >= 11 is 7.75. The monoisotopic (exact) mass is 388 g/mol. The standard InChI is InChI=1S/C20H21ClN2O2S/c21-18-10-8-15(22-19(24)11-9-16-7-4-12-26-16)13-17(18)20(25)23-14-5-2-1-3-6-14/h4,7-14H,1-3,5-6H2,(H,22,24)(H,23,25). The molecule has 6 heteroatoms. The molecule has 0 saturated heterocycles. The number of rotatable bonds is 5. The molecule has 0 unspecified atom stereocenters. The van der Waals surface area contributed by atoms with E-state index >= 15 is 0 Å². The number of hydrogen-bond acceptors (Lipinski definition) is 3. The Morgan fingerprint density at radius 2 is 1.96 bits per heavy atom. The summed E-state index contributed by atoms with van der Waals surface area (Å²) < 4.78 is 0. The van der Waals surface area contributed by atoms with E-state index in [-0.39, 0.29) is 17.9 Å². The molecule has 136 valence electrons. The van der Waals surface area contributed by atoms with Crippen LogP contribution in [0.4, 0.5) is 5.69 Å². The molecule has 0 spiro atoms. The lowest BCUT2D eigenvalue weighted by Crippen LogP contribution is -2.36. The van der Waals surface area contributed by atoms with Gasteiger partial charge in [0.05, 0.1) is 10.6 Å². The summed E-state index contributed by atoms with van der Waals surface area (Å²) in [6, 6.07) is 9.02. The summed E-state index contributed by atoms with van der Waals surface area (Å²) in [6.07, 6.45) is 8.76. The van der Waals surface area contributed by atoms with Gasteiger partial charge in [-0.3, -0.25) is 9.59 Å². The van der Waals surface area contributed by atoms with E-state index in [1.165, 1.54) is 12.5 Å². The molecule has 1 heterocycles. The minimum atomic E-state index is -0.251. The lowest BCUT2D eigenvalue weighted by molar-refractivity contribution is -0.111. The Labute approximate surface area is 162 Å². The molecular formula is C20H21ClN2O2S. The molecule has 2 N–H and O–H groups in total. The minimum Gasteiger partial charge on any atom is -0.349 e. The van der Waals surface area contributed by atoms with Crippen molar-refractivity contribution in [3.63, 3.8) is 0 Å². The summed E-state index contributed by atoms with van der Waals surface area (Å²) in [4.78, 5) is 25.6. The fourth-order valence-corrected chi connectivity index (χ4v) is 3.84. The molecule has 2 aromatic rings. The number of halogens is 1. The molecule has 0 aliphatic heterocycles. The van der Waals surface area contributed by atoms with Gasteiger partial charge < -0.3 is 10.6 Å². The Kier molecular flexibility index (Phi) is 6.47. The zero-order valence-electron chi connectivity index (χ0n) is 14.3. The van der Waals surface area contributed by atoms with E-state index in [4.69, 9.17) is 11.6 Å². The van der Waals surface area contributed by atoms with Gasteiger partial charge in [0.1, 0.15) is 0 Å². The fraction of sp³-hybridized carbons (Fsp3) is 0.300. The highest BCUT2D eigenvalue weighted by atomic mass is 35.5. The van der Waals surface area contributed by atoms with Gasteiger partial charge in [-0.25, -0.2) is 0 Å². The maximum absolute atomic E-state index is 12.5. The number of thiophene rings is 1. The Morgan fingerprint density at radius 3 is 2.69 bits per heavy atom. The summed E-state index contributed by atoms with van der Waals surface area (Å²) in [5.74, 6) is -0.438.